The van der Waals surface area contributed by atoms with Gasteiger partial charge in [-0.25, -0.2) is 0 Å². The molecular formula is C15H22O. The lowest BCUT2D eigenvalue weighted by atomic mass is 9.77. The highest BCUT2D eigenvalue weighted by atomic mass is 16.3. The molecule has 0 unspecified atom stereocenters. The second kappa shape index (κ2) is 4.48. The van der Waals surface area contributed by atoms with Gasteiger partial charge in [-0.3, -0.25) is 0 Å². The zero-order chi connectivity index (χ0) is 11.6. The van der Waals surface area contributed by atoms with Gasteiger partial charge in [0.05, 0.1) is 0 Å². The topological polar surface area (TPSA) is 20.2 Å². The Bertz CT molecular complexity index is 362. The predicted octanol–water partition coefficient (Wildman–Crippen LogP) is 4.08. The largest absolute Gasteiger partial charge is 0.508 e. The Morgan fingerprint density at radius 2 is 1.69 bits per heavy atom. The van der Waals surface area contributed by atoms with Crippen LogP contribution in [0.25, 0.3) is 0 Å². The molecule has 0 bridgehead atoms. The van der Waals surface area contributed by atoms with E-state index >= 15 is 0 Å². The molecule has 0 saturated heterocycles. The van der Waals surface area contributed by atoms with Gasteiger partial charge in [0.2, 0.25) is 0 Å². The number of phenolic OH excluding ortho intramolecular Hbond substituents is 1. The molecule has 1 aromatic carbocycles. The predicted molar refractivity (Wildman–Crippen MR) is 67.8 cm³/mol. The van der Waals surface area contributed by atoms with E-state index in [9.17, 15) is 5.11 Å². The number of fused-ring (bicyclic) bond motifs is 1. The lowest BCUT2D eigenvalue weighted by Crippen LogP contribution is -2.20. The summed E-state index contributed by atoms with van der Waals surface area (Å²) in [6.45, 7) is 4.55. The first-order valence-electron chi connectivity index (χ1n) is 6.50. The summed E-state index contributed by atoms with van der Waals surface area (Å²) >= 11 is 0. The molecule has 1 aromatic rings. The molecule has 88 valence electrons. The average molecular weight is 218 g/mol. The van der Waals surface area contributed by atoms with Crippen LogP contribution >= 0.6 is 0 Å². The van der Waals surface area contributed by atoms with E-state index in [-0.39, 0.29) is 0 Å². The van der Waals surface area contributed by atoms with Crippen LogP contribution in [-0.2, 0) is 12.8 Å². The maximum absolute atomic E-state index is 9.53. The quantitative estimate of drug-likeness (QED) is 0.807. The lowest BCUT2D eigenvalue weighted by molar-refractivity contribution is 0.250. The Morgan fingerprint density at radius 3 is 2.31 bits per heavy atom. The molecule has 0 aliphatic heterocycles. The minimum atomic E-state index is 0.419. The van der Waals surface area contributed by atoms with Crippen LogP contribution in [0.1, 0.15) is 50.7 Å². The van der Waals surface area contributed by atoms with Gasteiger partial charge < -0.3 is 5.11 Å². The van der Waals surface area contributed by atoms with Crippen LogP contribution in [-0.4, -0.2) is 5.11 Å². The molecule has 1 nitrogen and oxygen atoms in total. The van der Waals surface area contributed by atoms with Crippen molar-refractivity contribution >= 4 is 0 Å². The van der Waals surface area contributed by atoms with Gasteiger partial charge in [0, 0.05) is 0 Å². The molecule has 0 atom stereocenters. The van der Waals surface area contributed by atoms with E-state index in [0.717, 1.165) is 0 Å². The van der Waals surface area contributed by atoms with Crippen molar-refractivity contribution in [3.05, 3.63) is 29.3 Å². The third kappa shape index (κ3) is 2.09. The molecule has 16 heavy (non-hydrogen) atoms. The van der Waals surface area contributed by atoms with Crippen molar-refractivity contribution in [2.75, 3.05) is 0 Å². The molecule has 1 N–H and O–H groups in total. The molecule has 0 amide bonds. The second-order valence-electron chi connectivity index (χ2n) is 5.31. The fourth-order valence-corrected chi connectivity index (χ4v) is 3.36. The number of hydrogen-bond acceptors (Lipinski definition) is 1. The van der Waals surface area contributed by atoms with Gasteiger partial charge in [0.15, 0.2) is 0 Å². The van der Waals surface area contributed by atoms with Gasteiger partial charge in [-0.05, 0) is 54.4 Å². The van der Waals surface area contributed by atoms with Crippen LogP contribution in [0.15, 0.2) is 18.2 Å². The fourth-order valence-electron chi connectivity index (χ4n) is 3.36. The summed E-state index contributed by atoms with van der Waals surface area (Å²) in [5, 5.41) is 9.53. The average Bonchev–Trinajstić information content (AvgIpc) is 2.56. The minimum Gasteiger partial charge on any atom is -0.508 e. The van der Waals surface area contributed by atoms with Crippen LogP contribution in [0.5, 0.6) is 5.75 Å². The van der Waals surface area contributed by atoms with Crippen LogP contribution in [0, 0.1) is 5.41 Å². The van der Waals surface area contributed by atoms with E-state index in [2.05, 4.69) is 19.9 Å². The molecule has 0 saturated carbocycles. The van der Waals surface area contributed by atoms with Crippen molar-refractivity contribution in [2.24, 2.45) is 5.41 Å². The zero-order valence-electron chi connectivity index (χ0n) is 10.4. The van der Waals surface area contributed by atoms with Crippen LogP contribution in [0.3, 0.4) is 0 Å². The number of hydrogen-bond donors (Lipinski definition) is 1. The smallest absolute Gasteiger partial charge is 0.115 e. The van der Waals surface area contributed by atoms with Crippen molar-refractivity contribution in [1.29, 1.82) is 0 Å². The highest BCUT2D eigenvalue weighted by Gasteiger charge is 2.35. The summed E-state index contributed by atoms with van der Waals surface area (Å²) < 4.78 is 0. The van der Waals surface area contributed by atoms with E-state index in [0.29, 0.717) is 11.2 Å². The zero-order valence-corrected chi connectivity index (χ0v) is 10.4. The molecular weight excluding hydrogens is 196 g/mol. The molecule has 1 heteroatoms. The summed E-state index contributed by atoms with van der Waals surface area (Å²) in [4.78, 5) is 0. The molecule has 0 aromatic heterocycles. The van der Waals surface area contributed by atoms with Gasteiger partial charge in [-0.2, -0.15) is 0 Å². The van der Waals surface area contributed by atoms with Crippen molar-refractivity contribution < 1.29 is 5.11 Å². The molecule has 2 rings (SSSR count). The standard InChI is InChI=1S/C15H22O/c1-3-7-15(8-4-2)10-12-5-6-14(16)9-13(12)11-15/h5-6,9,16H,3-4,7-8,10-11H2,1-2H3. The monoisotopic (exact) mass is 218 g/mol. The van der Waals surface area contributed by atoms with E-state index in [1.165, 1.54) is 49.7 Å². The molecule has 1 aliphatic rings. The number of benzene rings is 1. The fraction of sp³-hybridized carbons (Fsp3) is 0.600. The van der Waals surface area contributed by atoms with Gasteiger partial charge in [-0.15, -0.1) is 0 Å². The lowest BCUT2D eigenvalue weighted by Gasteiger charge is -2.28. The van der Waals surface area contributed by atoms with Gasteiger partial charge in [0.1, 0.15) is 5.75 Å². The Kier molecular flexibility index (Phi) is 3.22. The van der Waals surface area contributed by atoms with Gasteiger partial charge in [-0.1, -0.05) is 32.8 Å². The molecule has 1 aliphatic carbocycles. The molecule has 0 radical (unpaired) electrons. The van der Waals surface area contributed by atoms with Crippen molar-refractivity contribution in [1.82, 2.24) is 0 Å². The maximum atomic E-state index is 9.53. The van der Waals surface area contributed by atoms with Crippen LogP contribution < -0.4 is 0 Å². The first-order chi connectivity index (χ1) is 7.69. The maximum Gasteiger partial charge on any atom is 0.115 e. The summed E-state index contributed by atoms with van der Waals surface area (Å²) in [5.41, 5.74) is 3.32. The van der Waals surface area contributed by atoms with Gasteiger partial charge >= 0.3 is 0 Å². The van der Waals surface area contributed by atoms with E-state index in [1.54, 1.807) is 0 Å². The highest BCUT2D eigenvalue weighted by Crippen LogP contribution is 2.44. The van der Waals surface area contributed by atoms with E-state index in [4.69, 9.17) is 0 Å². The summed E-state index contributed by atoms with van der Waals surface area (Å²) in [6, 6.07) is 5.90. The second-order valence-corrected chi connectivity index (χ2v) is 5.31. The molecule has 0 heterocycles. The molecule has 0 spiro atoms. The first-order valence-corrected chi connectivity index (χ1v) is 6.50. The Hall–Kier alpha value is -0.980. The Labute approximate surface area is 98.5 Å². The SMILES string of the molecule is CCCC1(CCC)Cc2ccc(O)cc2C1. The number of aromatic hydroxyl groups is 1. The summed E-state index contributed by atoms with van der Waals surface area (Å²) in [5.74, 6) is 0.419. The van der Waals surface area contributed by atoms with E-state index < -0.39 is 0 Å². The highest BCUT2D eigenvalue weighted by molar-refractivity contribution is 5.39. The van der Waals surface area contributed by atoms with Crippen molar-refractivity contribution in [3.8, 4) is 5.75 Å². The molecule has 0 fully saturated rings. The van der Waals surface area contributed by atoms with Crippen molar-refractivity contribution in [2.45, 2.75) is 52.4 Å². The van der Waals surface area contributed by atoms with Crippen LogP contribution in [0.2, 0.25) is 0 Å². The first kappa shape index (κ1) is 11.5. The van der Waals surface area contributed by atoms with E-state index in [1.807, 2.05) is 12.1 Å². The normalized spacial score (nSPS) is 17.4. The Morgan fingerprint density at radius 1 is 1.06 bits per heavy atom. The summed E-state index contributed by atoms with van der Waals surface area (Å²) in [7, 11) is 0. The van der Waals surface area contributed by atoms with Crippen molar-refractivity contribution in [3.63, 3.8) is 0 Å². The third-order valence-corrected chi connectivity index (χ3v) is 3.88. The summed E-state index contributed by atoms with van der Waals surface area (Å²) in [6.07, 6.45) is 7.54. The van der Waals surface area contributed by atoms with Gasteiger partial charge in [0.25, 0.3) is 0 Å². The minimum absolute atomic E-state index is 0.419. The number of phenols is 1. The Balaban J connectivity index is 2.23. The number of rotatable bonds is 4. The van der Waals surface area contributed by atoms with Crippen LogP contribution in [0.4, 0.5) is 0 Å². The third-order valence-electron chi connectivity index (χ3n) is 3.88.